The molecule has 0 atom stereocenters. The molecule has 1 aliphatic heterocycles. The van der Waals surface area contributed by atoms with E-state index in [-0.39, 0.29) is 24.6 Å². The van der Waals surface area contributed by atoms with Gasteiger partial charge in [0.25, 0.3) is 12.0 Å². The van der Waals surface area contributed by atoms with Crippen LogP contribution in [0.15, 0.2) is 29.1 Å². The van der Waals surface area contributed by atoms with E-state index < -0.39 is 0 Å². The van der Waals surface area contributed by atoms with E-state index >= 15 is 0 Å². The second-order valence-electron chi connectivity index (χ2n) is 7.12. The smallest absolute Gasteiger partial charge is 0.293 e. The summed E-state index contributed by atoms with van der Waals surface area (Å²) in [6.07, 6.45) is 1.30. The van der Waals surface area contributed by atoms with Crippen LogP contribution in [0.1, 0.15) is 42.0 Å². The first kappa shape index (κ1) is 17.9. The standard InChI is InChI=1S/C21H20N4O3/c1-11(2)17-15(9-28-10-26)21(27)25-8-14-13(7-22)12-5-3-4-6-16(12)24-19(14)20(25)18(17)23/h3-7,10-11,22H,8-9,23H2,1-2H3. The van der Waals surface area contributed by atoms with Crippen LogP contribution < -0.4 is 11.3 Å². The van der Waals surface area contributed by atoms with Gasteiger partial charge in [0.15, 0.2) is 0 Å². The fourth-order valence-corrected chi connectivity index (χ4v) is 4.09. The van der Waals surface area contributed by atoms with Crippen molar-refractivity contribution in [2.45, 2.75) is 32.9 Å². The number of carbonyl (C=O) groups is 1. The number of nitrogens with zero attached hydrogens (tertiary/aromatic N) is 2. The molecule has 0 fully saturated rings. The summed E-state index contributed by atoms with van der Waals surface area (Å²) in [6.45, 7) is 4.37. The highest BCUT2D eigenvalue weighted by atomic mass is 16.5. The van der Waals surface area contributed by atoms with E-state index in [0.717, 1.165) is 22.0 Å². The Labute approximate surface area is 161 Å². The van der Waals surface area contributed by atoms with Crippen molar-refractivity contribution >= 4 is 29.3 Å². The van der Waals surface area contributed by atoms with Gasteiger partial charge in [-0.05, 0) is 17.5 Å². The molecule has 28 heavy (non-hydrogen) atoms. The fourth-order valence-electron chi connectivity index (χ4n) is 4.09. The van der Waals surface area contributed by atoms with Gasteiger partial charge in [0.1, 0.15) is 6.61 Å². The maximum atomic E-state index is 13.2. The molecule has 0 bridgehead atoms. The monoisotopic (exact) mass is 376 g/mol. The van der Waals surface area contributed by atoms with E-state index in [1.54, 1.807) is 4.57 Å². The Hall–Kier alpha value is -3.48. The van der Waals surface area contributed by atoms with Crippen LogP contribution >= 0.6 is 0 Å². The average molecular weight is 376 g/mol. The van der Waals surface area contributed by atoms with Gasteiger partial charge in [-0.3, -0.25) is 9.59 Å². The number of pyridine rings is 2. The van der Waals surface area contributed by atoms with Crippen molar-refractivity contribution in [3.8, 4) is 11.4 Å². The number of hydrogen-bond acceptors (Lipinski definition) is 6. The predicted octanol–water partition coefficient (Wildman–Crippen LogP) is 2.80. The van der Waals surface area contributed by atoms with Crippen LogP contribution in [0.4, 0.5) is 5.69 Å². The predicted molar refractivity (Wildman–Crippen MR) is 108 cm³/mol. The Bertz CT molecular complexity index is 1190. The quantitative estimate of drug-likeness (QED) is 0.411. The Morgan fingerprint density at radius 2 is 2.11 bits per heavy atom. The van der Waals surface area contributed by atoms with Crippen LogP contribution in [0.25, 0.3) is 22.3 Å². The number of benzene rings is 1. The number of rotatable bonds is 5. The van der Waals surface area contributed by atoms with Gasteiger partial charge in [-0.2, -0.15) is 0 Å². The van der Waals surface area contributed by atoms with Gasteiger partial charge in [0.2, 0.25) is 0 Å². The minimum Gasteiger partial charge on any atom is -0.463 e. The number of aromatic nitrogens is 2. The molecule has 4 rings (SSSR count). The van der Waals surface area contributed by atoms with Crippen molar-refractivity contribution in [1.82, 2.24) is 9.55 Å². The summed E-state index contributed by atoms with van der Waals surface area (Å²) in [4.78, 5) is 28.7. The van der Waals surface area contributed by atoms with E-state index in [1.165, 1.54) is 6.21 Å². The Balaban J connectivity index is 2.08. The number of para-hydroxylation sites is 1. The lowest BCUT2D eigenvalue weighted by Crippen LogP contribution is -2.27. The molecule has 0 saturated heterocycles. The van der Waals surface area contributed by atoms with Crippen molar-refractivity contribution < 1.29 is 9.53 Å². The number of hydrogen-bond donors (Lipinski definition) is 2. The summed E-state index contributed by atoms with van der Waals surface area (Å²) in [5, 5.41) is 8.79. The zero-order valence-corrected chi connectivity index (χ0v) is 15.7. The Kier molecular flexibility index (Phi) is 4.22. The molecule has 0 saturated carbocycles. The minimum atomic E-state index is -0.243. The molecule has 3 aromatic rings. The number of anilines is 1. The lowest BCUT2D eigenvalue weighted by molar-refractivity contribution is -0.129. The van der Waals surface area contributed by atoms with E-state index in [2.05, 4.69) is 0 Å². The molecule has 3 N–H and O–H groups in total. The highest BCUT2D eigenvalue weighted by Gasteiger charge is 2.31. The van der Waals surface area contributed by atoms with Gasteiger partial charge in [-0.25, -0.2) is 4.98 Å². The molecule has 0 amide bonds. The highest BCUT2D eigenvalue weighted by molar-refractivity contribution is 6.02. The van der Waals surface area contributed by atoms with Crippen LogP contribution in [0.5, 0.6) is 0 Å². The summed E-state index contributed by atoms with van der Waals surface area (Å²) in [5.74, 6) is -0.0319. The summed E-state index contributed by atoms with van der Waals surface area (Å²) in [5.41, 5.74) is 11.3. The second-order valence-corrected chi connectivity index (χ2v) is 7.12. The third kappa shape index (κ3) is 2.43. The fraction of sp³-hybridized carbons (Fsp3) is 0.238. The molecule has 142 valence electrons. The van der Waals surface area contributed by atoms with Gasteiger partial charge >= 0.3 is 0 Å². The van der Waals surface area contributed by atoms with Gasteiger partial charge in [-0.15, -0.1) is 0 Å². The lowest BCUT2D eigenvalue weighted by atomic mass is 9.94. The molecular formula is C21H20N4O3. The molecule has 0 spiro atoms. The Morgan fingerprint density at radius 3 is 2.79 bits per heavy atom. The number of nitrogens with one attached hydrogen (secondary N) is 1. The van der Waals surface area contributed by atoms with Gasteiger partial charge in [0, 0.05) is 22.7 Å². The third-order valence-electron chi connectivity index (χ3n) is 5.24. The lowest BCUT2D eigenvalue weighted by Gasteiger charge is -2.19. The van der Waals surface area contributed by atoms with E-state index in [9.17, 15) is 9.59 Å². The maximum absolute atomic E-state index is 13.2. The summed E-state index contributed by atoms with van der Waals surface area (Å²) >= 11 is 0. The summed E-state index contributed by atoms with van der Waals surface area (Å²) in [7, 11) is 0. The first-order valence-corrected chi connectivity index (χ1v) is 9.02. The van der Waals surface area contributed by atoms with Crippen LogP contribution in [0, 0.1) is 5.41 Å². The molecule has 0 unspecified atom stereocenters. The minimum absolute atomic E-state index is 0.0319. The van der Waals surface area contributed by atoms with Gasteiger partial charge < -0.3 is 20.4 Å². The highest BCUT2D eigenvalue weighted by Crippen LogP contribution is 2.40. The molecule has 7 heteroatoms. The molecule has 2 aromatic heterocycles. The topological polar surface area (TPSA) is 111 Å². The average Bonchev–Trinajstić information content (AvgIpc) is 3.06. The molecule has 1 aliphatic rings. The number of nitrogen functional groups attached to an aromatic ring is 1. The largest absolute Gasteiger partial charge is 0.463 e. The van der Waals surface area contributed by atoms with Gasteiger partial charge in [0.05, 0.1) is 34.7 Å². The zero-order chi connectivity index (χ0) is 20.0. The SMILES string of the molecule is CC(C)c1c(N)c2n(c(=O)c1COC=O)Cc1c-2nc2ccccc2c1C=N. The van der Waals surface area contributed by atoms with Crippen molar-refractivity contribution in [3.63, 3.8) is 0 Å². The molecule has 1 aromatic carbocycles. The third-order valence-corrected chi connectivity index (χ3v) is 5.24. The normalized spacial score (nSPS) is 12.1. The first-order valence-electron chi connectivity index (χ1n) is 9.02. The van der Waals surface area contributed by atoms with Gasteiger partial charge in [-0.1, -0.05) is 32.0 Å². The van der Waals surface area contributed by atoms with E-state index in [0.29, 0.717) is 34.7 Å². The number of fused-ring (bicyclic) bond motifs is 4. The van der Waals surface area contributed by atoms with Crippen molar-refractivity contribution in [1.29, 1.82) is 5.41 Å². The Morgan fingerprint density at radius 1 is 1.36 bits per heavy atom. The first-order chi connectivity index (χ1) is 13.5. The number of nitrogens with two attached hydrogens (primary N) is 1. The molecular weight excluding hydrogens is 356 g/mol. The molecule has 0 aliphatic carbocycles. The van der Waals surface area contributed by atoms with E-state index in [4.69, 9.17) is 20.9 Å². The second kappa shape index (κ2) is 6.60. The van der Waals surface area contributed by atoms with E-state index in [1.807, 2.05) is 38.1 Å². The molecule has 7 nitrogen and oxygen atoms in total. The maximum Gasteiger partial charge on any atom is 0.293 e. The number of carbonyl (C=O) groups excluding carboxylic acids is 1. The number of ether oxygens (including phenoxy) is 1. The van der Waals surface area contributed by atoms with Crippen molar-refractivity contribution in [2.24, 2.45) is 0 Å². The zero-order valence-electron chi connectivity index (χ0n) is 15.7. The summed E-state index contributed by atoms with van der Waals surface area (Å²) in [6, 6.07) is 7.59. The summed E-state index contributed by atoms with van der Waals surface area (Å²) < 4.78 is 6.47. The molecule has 3 heterocycles. The van der Waals surface area contributed by atoms with Crippen LogP contribution in [0.3, 0.4) is 0 Å². The van der Waals surface area contributed by atoms with Crippen LogP contribution in [-0.2, 0) is 22.7 Å². The van der Waals surface area contributed by atoms with Crippen LogP contribution in [-0.4, -0.2) is 22.2 Å². The van der Waals surface area contributed by atoms with Crippen molar-refractivity contribution in [2.75, 3.05) is 5.73 Å². The molecule has 0 radical (unpaired) electrons. The van der Waals surface area contributed by atoms with Crippen molar-refractivity contribution in [3.05, 3.63) is 56.9 Å². The van der Waals surface area contributed by atoms with Crippen LogP contribution in [0.2, 0.25) is 0 Å².